The second-order valence-electron chi connectivity index (χ2n) is 14.4. The largest absolute Gasteiger partial charge is 0.504 e. The summed E-state index contributed by atoms with van der Waals surface area (Å²) in [5.41, 5.74) is -1.15. The predicted octanol–water partition coefficient (Wildman–Crippen LogP) is 4.81. The van der Waals surface area contributed by atoms with E-state index in [1.165, 1.54) is 32.2 Å². The van der Waals surface area contributed by atoms with E-state index in [9.17, 15) is 24.6 Å². The van der Waals surface area contributed by atoms with Crippen molar-refractivity contribution in [1.82, 2.24) is 0 Å². The molecule has 2 N–H and O–H groups in total. The monoisotopic (exact) mass is 686 g/mol. The molecule has 5 aliphatic rings. The number of ketones is 1. The molecular weight excluding hydrogens is 644 g/mol. The van der Waals surface area contributed by atoms with E-state index >= 15 is 0 Å². The molecule has 0 spiro atoms. The maximum absolute atomic E-state index is 13.9. The average molecular weight is 687 g/mol. The van der Waals surface area contributed by atoms with Gasteiger partial charge in [-0.05, 0) is 60.6 Å². The molecule has 2 aliphatic heterocycles. The number of aliphatic hydroxyl groups is 1. The minimum absolute atomic E-state index is 0.0788. The zero-order valence-corrected chi connectivity index (χ0v) is 28.8. The lowest BCUT2D eigenvalue weighted by atomic mass is 9.55. The third kappa shape index (κ3) is 5.05. The molecule has 0 amide bonds. The van der Waals surface area contributed by atoms with Gasteiger partial charge in [0.1, 0.15) is 23.9 Å². The van der Waals surface area contributed by atoms with Crippen molar-refractivity contribution >= 4 is 17.7 Å². The number of fused-ring (bicyclic) bond motifs is 2. The van der Waals surface area contributed by atoms with Crippen LogP contribution < -0.4 is 4.74 Å². The van der Waals surface area contributed by atoms with E-state index in [-0.39, 0.29) is 42.4 Å². The van der Waals surface area contributed by atoms with Crippen LogP contribution in [0.2, 0.25) is 0 Å². The fourth-order valence-electron chi connectivity index (χ4n) is 9.00. The number of phenolic OH excluding ortho intramolecular Hbond substituents is 1. The van der Waals surface area contributed by atoms with Crippen LogP contribution in [0.4, 0.5) is 0 Å². The van der Waals surface area contributed by atoms with Gasteiger partial charge >= 0.3 is 11.9 Å². The molecule has 2 aromatic rings. The van der Waals surface area contributed by atoms with Crippen molar-refractivity contribution in [1.29, 1.82) is 0 Å². The number of esters is 2. The second-order valence-corrected chi connectivity index (χ2v) is 14.4. The molecule has 3 fully saturated rings. The third-order valence-electron chi connectivity index (χ3n) is 11.1. The lowest BCUT2D eigenvalue weighted by Crippen LogP contribution is -2.70. The van der Waals surface area contributed by atoms with E-state index in [1.807, 2.05) is 49.4 Å². The summed E-state index contributed by atoms with van der Waals surface area (Å²) >= 11 is 0. The normalized spacial score (nSPS) is 35.6. The van der Waals surface area contributed by atoms with Crippen molar-refractivity contribution in [3.05, 3.63) is 95.1 Å². The van der Waals surface area contributed by atoms with Gasteiger partial charge in [0, 0.05) is 30.7 Å². The second kappa shape index (κ2) is 11.9. The van der Waals surface area contributed by atoms with E-state index in [0.717, 1.165) is 11.1 Å². The number of phenols is 1. The average Bonchev–Trinajstić information content (AvgIpc) is 3.38. The fraction of sp³-hybridized carbons (Fsp3) is 0.462. The Hall–Kier alpha value is -4.29. The van der Waals surface area contributed by atoms with Gasteiger partial charge in [-0.15, -0.1) is 0 Å². The number of ether oxygens (including phenoxy) is 6. The van der Waals surface area contributed by atoms with Crippen LogP contribution >= 0.6 is 0 Å². The smallest absolute Gasteiger partial charge is 0.352 e. The Morgan fingerprint density at radius 3 is 2.52 bits per heavy atom. The van der Waals surface area contributed by atoms with Crippen molar-refractivity contribution in [3.63, 3.8) is 0 Å². The molecule has 0 aromatic heterocycles. The molecule has 11 nitrogen and oxygen atoms in total. The van der Waals surface area contributed by atoms with Crippen LogP contribution in [-0.2, 0) is 44.5 Å². The van der Waals surface area contributed by atoms with E-state index in [2.05, 4.69) is 13.5 Å². The fourth-order valence-corrected chi connectivity index (χ4v) is 9.00. The summed E-state index contributed by atoms with van der Waals surface area (Å²) in [7, 11) is 1.35. The van der Waals surface area contributed by atoms with Crippen LogP contribution in [0.15, 0.2) is 84.0 Å². The summed E-state index contributed by atoms with van der Waals surface area (Å²) in [5, 5.41) is 22.6. The van der Waals surface area contributed by atoms with E-state index in [1.54, 1.807) is 6.92 Å². The van der Waals surface area contributed by atoms with Gasteiger partial charge in [-0.3, -0.25) is 9.59 Å². The Bertz CT molecular complexity index is 1830. The first-order valence-electron chi connectivity index (χ1n) is 16.8. The highest BCUT2D eigenvalue weighted by Crippen LogP contribution is 2.68. The molecule has 2 saturated heterocycles. The van der Waals surface area contributed by atoms with Crippen LogP contribution in [0, 0.1) is 17.8 Å². The Morgan fingerprint density at radius 2 is 1.84 bits per heavy atom. The maximum Gasteiger partial charge on any atom is 0.352 e. The number of hydrogen-bond donors (Lipinski definition) is 2. The van der Waals surface area contributed by atoms with Crippen LogP contribution in [-0.4, -0.2) is 70.5 Å². The van der Waals surface area contributed by atoms with Gasteiger partial charge in [-0.25, -0.2) is 4.79 Å². The molecule has 2 aromatic carbocycles. The quantitative estimate of drug-likeness (QED) is 0.277. The van der Waals surface area contributed by atoms with Gasteiger partial charge in [0.2, 0.25) is 6.10 Å². The van der Waals surface area contributed by atoms with Gasteiger partial charge in [-0.2, -0.15) is 0 Å². The van der Waals surface area contributed by atoms with Gasteiger partial charge < -0.3 is 38.6 Å². The van der Waals surface area contributed by atoms with Crippen molar-refractivity contribution in [3.8, 4) is 11.5 Å². The number of carbonyl (C=O) groups excluding carboxylic acids is 3. The lowest BCUT2D eigenvalue weighted by Gasteiger charge is -2.59. The molecule has 2 heterocycles. The van der Waals surface area contributed by atoms with Crippen molar-refractivity contribution in [2.24, 2.45) is 17.8 Å². The number of hydrogen-bond acceptors (Lipinski definition) is 11. The summed E-state index contributed by atoms with van der Waals surface area (Å²) in [6.45, 7) is 10.8. The molecule has 1 unspecified atom stereocenters. The van der Waals surface area contributed by atoms with Crippen molar-refractivity contribution in [2.75, 3.05) is 13.7 Å². The zero-order valence-electron chi connectivity index (χ0n) is 28.8. The van der Waals surface area contributed by atoms with Gasteiger partial charge in [0.25, 0.3) is 5.97 Å². The number of aromatic hydroxyl groups is 1. The van der Waals surface area contributed by atoms with Gasteiger partial charge in [0.15, 0.2) is 17.3 Å². The van der Waals surface area contributed by atoms with Gasteiger partial charge in [0.05, 0.1) is 19.1 Å². The molecule has 11 heteroatoms. The molecule has 7 rings (SSSR count). The minimum Gasteiger partial charge on any atom is -0.504 e. The van der Waals surface area contributed by atoms with Gasteiger partial charge in [-0.1, -0.05) is 62.1 Å². The molecule has 50 heavy (non-hydrogen) atoms. The highest BCUT2D eigenvalue weighted by Gasteiger charge is 2.79. The van der Waals surface area contributed by atoms with E-state index in [0.29, 0.717) is 17.6 Å². The van der Waals surface area contributed by atoms with Crippen LogP contribution in [0.25, 0.3) is 0 Å². The van der Waals surface area contributed by atoms with Crippen LogP contribution in [0.1, 0.15) is 57.8 Å². The summed E-state index contributed by atoms with van der Waals surface area (Å²) < 4.78 is 37.2. The summed E-state index contributed by atoms with van der Waals surface area (Å²) in [4.78, 5) is 39.6. The van der Waals surface area contributed by atoms with Crippen molar-refractivity contribution < 1.29 is 53.0 Å². The zero-order chi connectivity index (χ0) is 35.8. The molecule has 0 radical (unpaired) electrons. The Kier molecular flexibility index (Phi) is 8.14. The first kappa shape index (κ1) is 34.2. The third-order valence-corrected chi connectivity index (χ3v) is 11.1. The Balaban J connectivity index is 1.28. The highest BCUT2D eigenvalue weighted by molar-refractivity contribution is 6.05. The minimum atomic E-state index is -1.90. The number of methoxy groups -OCH3 is 1. The SMILES string of the molecule is C=C(C)[C@]12C[C@@H](C)[C@@]34O[C@](Cc5ccccc5)(O[C@@H]1[C@@H]3C=C(COC(=O)C(OC(C)=O)c1ccc(O)c(OC)c1)C[C@]1(O)C(=O)C(C)=C[C@@H]41)O2. The van der Waals surface area contributed by atoms with Crippen LogP contribution in [0.5, 0.6) is 11.5 Å². The maximum atomic E-state index is 13.9. The first-order valence-corrected chi connectivity index (χ1v) is 16.8. The standard InChI is InChI=1S/C39H42O11/c1-21(2)37-17-23(4)39-28(34(37)48-38(49-37,50-39)19-25-10-8-7-9-11-25)15-26(18-36(44)31(39)14-22(3)33(36)42)20-46-35(43)32(47-24(5)40)27-12-13-29(41)30(16-27)45-6/h7-16,23,28,31-32,34,41,44H,1,17-20H2,2-6H3/t23-,28+,31-,32?,34-,36-,37-,38-,39-/m1/s1. The molecule has 3 aliphatic carbocycles. The molecule has 264 valence electrons. The number of rotatable bonds is 9. The highest BCUT2D eigenvalue weighted by atomic mass is 16.9. The summed E-state index contributed by atoms with van der Waals surface area (Å²) in [5.74, 6) is -5.16. The molecule has 3 bridgehead atoms. The first-order chi connectivity index (χ1) is 23.7. The molecule has 9 atom stereocenters. The number of carbonyl (C=O) groups is 3. The van der Waals surface area contributed by atoms with E-state index in [4.69, 9.17) is 28.4 Å². The Morgan fingerprint density at radius 1 is 1.10 bits per heavy atom. The summed E-state index contributed by atoms with van der Waals surface area (Å²) in [6, 6.07) is 13.9. The Labute approximate surface area is 290 Å². The molecular formula is C39H42O11. The lowest BCUT2D eigenvalue weighted by molar-refractivity contribution is -0.421. The van der Waals surface area contributed by atoms with Crippen molar-refractivity contribution in [2.45, 2.75) is 81.9 Å². The number of Topliss-reactive ketones (excluding diaryl/α,β-unsaturated/α-hetero) is 1. The predicted molar refractivity (Wildman–Crippen MR) is 177 cm³/mol. The molecule has 1 saturated carbocycles. The summed E-state index contributed by atoms with van der Waals surface area (Å²) in [6.07, 6.45) is 2.29. The number of benzene rings is 2. The van der Waals surface area contributed by atoms with Crippen LogP contribution in [0.3, 0.4) is 0 Å². The van der Waals surface area contributed by atoms with E-state index < -0.39 is 64.5 Å². The topological polar surface area (TPSA) is 147 Å².